The van der Waals surface area contributed by atoms with Gasteiger partial charge in [0.15, 0.2) is 0 Å². The molecule has 0 aliphatic carbocycles. The molecule has 2 aromatic rings. The van der Waals surface area contributed by atoms with Crippen LogP contribution < -0.4 is 5.32 Å². The highest BCUT2D eigenvalue weighted by Crippen LogP contribution is 2.37. The van der Waals surface area contributed by atoms with E-state index in [-0.39, 0.29) is 16.5 Å². The van der Waals surface area contributed by atoms with Gasteiger partial charge in [-0.25, -0.2) is 0 Å². The minimum atomic E-state index is -4.75. The SMILES string of the molecule is CC(=O)Nc1cc(S(=O)(=O)O)cc2c(S(=O)(=O)O)ccc(O)c12. The molecule has 0 bridgehead atoms. The van der Waals surface area contributed by atoms with Crippen LogP contribution in [0, 0.1) is 0 Å². The number of benzene rings is 2. The molecule has 0 saturated carbocycles. The van der Waals surface area contributed by atoms with Gasteiger partial charge in [0.1, 0.15) is 10.6 Å². The van der Waals surface area contributed by atoms with Gasteiger partial charge in [0, 0.05) is 17.7 Å². The molecule has 0 spiro atoms. The van der Waals surface area contributed by atoms with Crippen molar-refractivity contribution in [2.75, 3.05) is 5.32 Å². The van der Waals surface area contributed by atoms with E-state index < -0.39 is 41.7 Å². The van der Waals surface area contributed by atoms with Crippen molar-refractivity contribution >= 4 is 42.6 Å². The van der Waals surface area contributed by atoms with Gasteiger partial charge in [-0.05, 0) is 24.3 Å². The number of nitrogens with one attached hydrogen (secondary N) is 1. The van der Waals surface area contributed by atoms with Gasteiger partial charge in [-0.1, -0.05) is 0 Å². The van der Waals surface area contributed by atoms with E-state index in [4.69, 9.17) is 4.55 Å². The molecule has 0 saturated heterocycles. The van der Waals surface area contributed by atoms with Crippen molar-refractivity contribution in [2.24, 2.45) is 0 Å². The first kappa shape index (κ1) is 17.1. The van der Waals surface area contributed by atoms with Crippen LogP contribution in [-0.4, -0.2) is 37.0 Å². The van der Waals surface area contributed by atoms with Gasteiger partial charge in [0.05, 0.1) is 10.6 Å². The smallest absolute Gasteiger partial charge is 0.295 e. The number of phenolic OH excluding ortho intramolecular Hbond substituents is 1. The summed E-state index contributed by atoms with van der Waals surface area (Å²) < 4.78 is 63.9. The molecule has 0 aliphatic heterocycles. The van der Waals surface area contributed by atoms with Crippen LogP contribution >= 0.6 is 0 Å². The van der Waals surface area contributed by atoms with Gasteiger partial charge in [-0.15, -0.1) is 0 Å². The topological polar surface area (TPSA) is 158 Å². The molecule has 124 valence electrons. The van der Waals surface area contributed by atoms with Crippen molar-refractivity contribution in [2.45, 2.75) is 16.7 Å². The number of carbonyl (C=O) groups excluding carboxylic acids is 1. The molecule has 0 aromatic heterocycles. The standard InChI is InChI=1S/C12H11NO8S2/c1-6(14)13-9-5-7(22(16,17)18)4-8-11(23(19,20)21)3-2-10(15)12(8)9/h2-5,15H,1H3,(H,13,14)(H,16,17,18)(H,19,20,21). The second-order valence-corrected chi connectivity index (χ2v) is 7.42. The molecule has 0 heterocycles. The summed E-state index contributed by atoms with van der Waals surface area (Å²) in [5.74, 6) is -1.09. The van der Waals surface area contributed by atoms with Gasteiger partial charge >= 0.3 is 0 Å². The van der Waals surface area contributed by atoms with E-state index in [0.29, 0.717) is 0 Å². The number of anilines is 1. The minimum Gasteiger partial charge on any atom is -0.507 e. The molecule has 0 fully saturated rings. The Balaban J connectivity index is 3.07. The summed E-state index contributed by atoms with van der Waals surface area (Å²) in [7, 11) is -9.49. The molecule has 0 atom stereocenters. The van der Waals surface area contributed by atoms with E-state index in [9.17, 15) is 31.3 Å². The number of aromatic hydroxyl groups is 1. The average molecular weight is 361 g/mol. The summed E-state index contributed by atoms with van der Waals surface area (Å²) in [6.07, 6.45) is 0. The van der Waals surface area contributed by atoms with Gasteiger partial charge in [0.2, 0.25) is 5.91 Å². The molecule has 2 rings (SSSR count). The average Bonchev–Trinajstić information content (AvgIpc) is 2.35. The van der Waals surface area contributed by atoms with Gasteiger partial charge in [-0.2, -0.15) is 16.8 Å². The van der Waals surface area contributed by atoms with Crippen LogP contribution in [0.5, 0.6) is 5.75 Å². The predicted octanol–water partition coefficient (Wildman–Crippen LogP) is 0.997. The first-order chi connectivity index (χ1) is 10.4. The molecular formula is C12H11NO8S2. The Labute approximate surface area is 131 Å². The van der Waals surface area contributed by atoms with Crippen molar-refractivity contribution < 1.29 is 35.8 Å². The Bertz CT molecular complexity index is 1020. The van der Waals surface area contributed by atoms with Crippen molar-refractivity contribution in [3.63, 3.8) is 0 Å². The molecule has 0 aliphatic rings. The molecule has 4 N–H and O–H groups in total. The summed E-state index contributed by atoms with van der Waals surface area (Å²) in [5.41, 5.74) is -0.245. The quantitative estimate of drug-likeness (QED) is 0.589. The number of amides is 1. The van der Waals surface area contributed by atoms with E-state index in [1.165, 1.54) is 0 Å². The summed E-state index contributed by atoms with van der Waals surface area (Å²) in [5, 5.41) is 11.5. The summed E-state index contributed by atoms with van der Waals surface area (Å²) >= 11 is 0. The first-order valence-electron chi connectivity index (χ1n) is 5.93. The third-order valence-corrected chi connectivity index (χ3v) is 4.66. The molecule has 0 unspecified atom stereocenters. The van der Waals surface area contributed by atoms with Crippen molar-refractivity contribution in [3.8, 4) is 5.75 Å². The second-order valence-electron chi connectivity index (χ2n) is 4.61. The minimum absolute atomic E-state index is 0.206. The van der Waals surface area contributed by atoms with Crippen LogP contribution in [0.15, 0.2) is 34.1 Å². The molecule has 23 heavy (non-hydrogen) atoms. The summed E-state index contributed by atoms with van der Waals surface area (Å²) in [6, 6.07) is 3.44. The normalized spacial score (nSPS) is 12.3. The van der Waals surface area contributed by atoms with Crippen molar-refractivity contribution in [1.29, 1.82) is 0 Å². The van der Waals surface area contributed by atoms with Crippen LogP contribution in [0.3, 0.4) is 0 Å². The molecular weight excluding hydrogens is 350 g/mol. The maximum Gasteiger partial charge on any atom is 0.295 e. The zero-order valence-electron chi connectivity index (χ0n) is 11.5. The lowest BCUT2D eigenvalue weighted by Crippen LogP contribution is -2.09. The summed E-state index contributed by atoms with van der Waals surface area (Å²) in [6.45, 7) is 1.11. The van der Waals surface area contributed by atoms with E-state index in [0.717, 1.165) is 31.2 Å². The second kappa shape index (κ2) is 5.45. The lowest BCUT2D eigenvalue weighted by Gasteiger charge is -2.13. The lowest BCUT2D eigenvalue weighted by atomic mass is 10.1. The van der Waals surface area contributed by atoms with Crippen LogP contribution in [0.25, 0.3) is 10.8 Å². The van der Waals surface area contributed by atoms with Crippen LogP contribution in [0.1, 0.15) is 6.92 Å². The predicted molar refractivity (Wildman–Crippen MR) is 79.5 cm³/mol. The molecule has 11 heteroatoms. The Hall–Kier alpha value is -2.21. The number of rotatable bonds is 3. The molecule has 2 aromatic carbocycles. The van der Waals surface area contributed by atoms with Gasteiger partial charge < -0.3 is 10.4 Å². The van der Waals surface area contributed by atoms with E-state index in [1.54, 1.807) is 0 Å². The van der Waals surface area contributed by atoms with E-state index in [1.807, 2.05) is 0 Å². The highest BCUT2D eigenvalue weighted by Gasteiger charge is 2.22. The zero-order valence-corrected chi connectivity index (χ0v) is 13.1. The van der Waals surface area contributed by atoms with E-state index >= 15 is 0 Å². The Kier molecular flexibility index (Phi) is 4.07. The lowest BCUT2D eigenvalue weighted by molar-refractivity contribution is -0.114. The Morgan fingerprint density at radius 1 is 1.04 bits per heavy atom. The fourth-order valence-electron chi connectivity index (χ4n) is 2.08. The monoisotopic (exact) mass is 361 g/mol. The van der Waals surface area contributed by atoms with Crippen LogP contribution in [0.4, 0.5) is 5.69 Å². The van der Waals surface area contributed by atoms with Gasteiger partial charge in [0.25, 0.3) is 20.2 Å². The third kappa shape index (κ3) is 3.42. The fraction of sp³-hybridized carbons (Fsp3) is 0.0833. The number of fused-ring (bicyclic) bond motifs is 1. The van der Waals surface area contributed by atoms with E-state index in [2.05, 4.69) is 5.32 Å². The maximum atomic E-state index is 11.4. The number of carbonyl (C=O) groups is 1. The van der Waals surface area contributed by atoms with Crippen LogP contribution in [-0.2, 0) is 25.0 Å². The molecule has 0 radical (unpaired) electrons. The largest absolute Gasteiger partial charge is 0.507 e. The van der Waals surface area contributed by atoms with Crippen LogP contribution in [0.2, 0.25) is 0 Å². The first-order valence-corrected chi connectivity index (χ1v) is 8.81. The van der Waals surface area contributed by atoms with Crippen molar-refractivity contribution in [3.05, 3.63) is 24.3 Å². The fourth-order valence-corrected chi connectivity index (χ4v) is 3.29. The van der Waals surface area contributed by atoms with Crippen molar-refractivity contribution in [1.82, 2.24) is 0 Å². The zero-order chi connectivity index (χ0) is 17.6. The molecule has 9 nitrogen and oxygen atoms in total. The Morgan fingerprint density at radius 2 is 1.65 bits per heavy atom. The van der Waals surface area contributed by atoms with Gasteiger partial charge in [-0.3, -0.25) is 13.9 Å². The number of phenols is 1. The molecule has 1 amide bonds. The number of hydrogen-bond acceptors (Lipinski definition) is 6. The summed E-state index contributed by atoms with van der Waals surface area (Å²) in [4.78, 5) is 9.83. The Morgan fingerprint density at radius 3 is 2.13 bits per heavy atom. The maximum absolute atomic E-state index is 11.4. The highest BCUT2D eigenvalue weighted by atomic mass is 32.2. The third-order valence-electron chi connectivity index (χ3n) is 2.91. The highest BCUT2D eigenvalue weighted by molar-refractivity contribution is 7.86. The number of hydrogen-bond donors (Lipinski definition) is 4.